The number of carbonyl (C=O) groups excluding carboxylic acids is 2. The minimum atomic E-state index is -0.301. The van der Waals surface area contributed by atoms with Crippen LogP contribution in [0.5, 0.6) is 0 Å². The van der Waals surface area contributed by atoms with Crippen molar-refractivity contribution in [2.24, 2.45) is 0 Å². The van der Waals surface area contributed by atoms with Crippen molar-refractivity contribution in [3.05, 3.63) is 34.3 Å². The van der Waals surface area contributed by atoms with Crippen LogP contribution in [0.4, 0.5) is 0 Å². The summed E-state index contributed by atoms with van der Waals surface area (Å²) in [5, 5.41) is 0. The van der Waals surface area contributed by atoms with Gasteiger partial charge < -0.3 is 0 Å². The van der Waals surface area contributed by atoms with E-state index in [0.717, 1.165) is 4.90 Å². The zero-order valence-electron chi connectivity index (χ0n) is 7.95. The van der Waals surface area contributed by atoms with Gasteiger partial charge in [0.2, 0.25) is 5.91 Å². The van der Waals surface area contributed by atoms with Crippen LogP contribution in [-0.4, -0.2) is 23.8 Å². The molecular weight excluding hydrogens is 246 g/mol. The van der Waals surface area contributed by atoms with Crippen molar-refractivity contribution in [3.8, 4) is 0 Å². The standard InChI is InChI=1S/C10H10BrNO2/c1-7(13)12(2)10(14)8-5-3-4-6-9(8)11/h3-6H,1-2H3. The zero-order chi connectivity index (χ0) is 10.7. The molecule has 0 N–H and O–H groups in total. The summed E-state index contributed by atoms with van der Waals surface area (Å²) in [6.07, 6.45) is 0. The van der Waals surface area contributed by atoms with Gasteiger partial charge in [-0.05, 0) is 28.1 Å². The van der Waals surface area contributed by atoms with Crippen LogP contribution in [0, 0.1) is 0 Å². The van der Waals surface area contributed by atoms with E-state index < -0.39 is 0 Å². The van der Waals surface area contributed by atoms with Gasteiger partial charge in [0, 0.05) is 18.4 Å². The molecule has 0 saturated carbocycles. The van der Waals surface area contributed by atoms with E-state index in [-0.39, 0.29) is 11.8 Å². The highest BCUT2D eigenvalue weighted by atomic mass is 79.9. The molecule has 1 rings (SSSR count). The topological polar surface area (TPSA) is 37.4 Å². The van der Waals surface area contributed by atoms with E-state index in [1.54, 1.807) is 18.2 Å². The number of amides is 2. The van der Waals surface area contributed by atoms with Gasteiger partial charge in [-0.3, -0.25) is 14.5 Å². The van der Waals surface area contributed by atoms with E-state index in [2.05, 4.69) is 15.9 Å². The highest BCUT2D eigenvalue weighted by Gasteiger charge is 2.16. The summed E-state index contributed by atoms with van der Waals surface area (Å²) in [7, 11) is 1.46. The molecule has 0 heterocycles. The quantitative estimate of drug-likeness (QED) is 0.771. The van der Waals surface area contributed by atoms with E-state index in [1.165, 1.54) is 14.0 Å². The monoisotopic (exact) mass is 255 g/mol. The van der Waals surface area contributed by atoms with Gasteiger partial charge in [0.25, 0.3) is 5.91 Å². The second kappa shape index (κ2) is 4.37. The molecule has 74 valence electrons. The molecule has 2 amide bonds. The fraction of sp³-hybridized carbons (Fsp3) is 0.200. The highest BCUT2D eigenvalue weighted by molar-refractivity contribution is 9.10. The third-order valence-electron chi connectivity index (χ3n) is 1.88. The minimum absolute atomic E-state index is 0.272. The average molecular weight is 256 g/mol. The molecule has 0 atom stereocenters. The summed E-state index contributed by atoms with van der Waals surface area (Å²) in [4.78, 5) is 23.7. The van der Waals surface area contributed by atoms with Gasteiger partial charge >= 0.3 is 0 Å². The first-order valence-electron chi connectivity index (χ1n) is 4.07. The van der Waals surface area contributed by atoms with Crippen LogP contribution >= 0.6 is 15.9 Å². The molecule has 0 fully saturated rings. The number of hydrogen-bond acceptors (Lipinski definition) is 2. The summed E-state index contributed by atoms with van der Waals surface area (Å²) in [5.41, 5.74) is 0.491. The molecule has 0 aliphatic heterocycles. The van der Waals surface area contributed by atoms with Gasteiger partial charge in [0.15, 0.2) is 0 Å². The number of hydrogen-bond donors (Lipinski definition) is 0. The van der Waals surface area contributed by atoms with Crippen molar-refractivity contribution < 1.29 is 9.59 Å². The summed E-state index contributed by atoms with van der Waals surface area (Å²) < 4.78 is 0.693. The van der Waals surface area contributed by atoms with Crippen molar-refractivity contribution in [3.63, 3.8) is 0 Å². The van der Waals surface area contributed by atoms with Crippen LogP contribution in [0.1, 0.15) is 17.3 Å². The normalized spacial score (nSPS) is 9.64. The Morgan fingerprint density at radius 1 is 1.29 bits per heavy atom. The lowest BCUT2D eigenvalue weighted by Gasteiger charge is -2.13. The Morgan fingerprint density at radius 2 is 1.86 bits per heavy atom. The maximum Gasteiger partial charge on any atom is 0.261 e. The molecule has 0 radical (unpaired) electrons. The fourth-order valence-corrected chi connectivity index (χ4v) is 1.41. The van der Waals surface area contributed by atoms with E-state index in [0.29, 0.717) is 10.0 Å². The Bertz CT molecular complexity index is 376. The molecular formula is C10H10BrNO2. The number of benzene rings is 1. The third-order valence-corrected chi connectivity index (χ3v) is 2.57. The van der Waals surface area contributed by atoms with Gasteiger partial charge in [-0.25, -0.2) is 0 Å². The van der Waals surface area contributed by atoms with Crippen LogP contribution < -0.4 is 0 Å². The van der Waals surface area contributed by atoms with Crippen molar-refractivity contribution in [1.29, 1.82) is 0 Å². The molecule has 4 heteroatoms. The first kappa shape index (κ1) is 10.9. The zero-order valence-corrected chi connectivity index (χ0v) is 9.54. The Labute approximate surface area is 90.8 Å². The fourth-order valence-electron chi connectivity index (χ4n) is 0.958. The number of carbonyl (C=O) groups is 2. The van der Waals surface area contributed by atoms with E-state index in [9.17, 15) is 9.59 Å². The molecule has 0 spiro atoms. The number of rotatable bonds is 1. The minimum Gasteiger partial charge on any atom is -0.282 e. The number of halogens is 1. The first-order chi connectivity index (χ1) is 6.54. The van der Waals surface area contributed by atoms with Crippen molar-refractivity contribution in [2.75, 3.05) is 7.05 Å². The van der Waals surface area contributed by atoms with Crippen molar-refractivity contribution in [2.45, 2.75) is 6.92 Å². The molecule has 0 aliphatic rings. The van der Waals surface area contributed by atoms with E-state index in [4.69, 9.17) is 0 Å². The number of nitrogens with zero attached hydrogens (tertiary/aromatic N) is 1. The second-order valence-electron chi connectivity index (χ2n) is 2.86. The Balaban J connectivity index is 3.01. The molecule has 0 unspecified atom stereocenters. The maximum absolute atomic E-state index is 11.7. The molecule has 0 saturated heterocycles. The van der Waals surface area contributed by atoms with Gasteiger partial charge in [-0.15, -0.1) is 0 Å². The summed E-state index contributed by atoms with van der Waals surface area (Å²) in [6, 6.07) is 7.01. The molecule has 0 bridgehead atoms. The van der Waals surface area contributed by atoms with Crippen LogP contribution in [0.25, 0.3) is 0 Å². The lowest BCUT2D eigenvalue weighted by atomic mass is 10.2. The van der Waals surface area contributed by atoms with Crippen LogP contribution in [0.2, 0.25) is 0 Å². The second-order valence-corrected chi connectivity index (χ2v) is 3.72. The molecule has 3 nitrogen and oxygen atoms in total. The van der Waals surface area contributed by atoms with Gasteiger partial charge in [0.05, 0.1) is 5.56 Å². The molecule has 0 aromatic heterocycles. The molecule has 14 heavy (non-hydrogen) atoms. The molecule has 0 aliphatic carbocycles. The first-order valence-corrected chi connectivity index (χ1v) is 4.86. The van der Waals surface area contributed by atoms with Crippen LogP contribution in [0.3, 0.4) is 0 Å². The third kappa shape index (κ3) is 2.20. The van der Waals surface area contributed by atoms with Gasteiger partial charge in [0.1, 0.15) is 0 Å². The summed E-state index contributed by atoms with van der Waals surface area (Å²) >= 11 is 3.26. The number of imide groups is 1. The lowest BCUT2D eigenvalue weighted by Crippen LogP contribution is -2.31. The lowest BCUT2D eigenvalue weighted by molar-refractivity contribution is -0.125. The largest absolute Gasteiger partial charge is 0.282 e. The highest BCUT2D eigenvalue weighted by Crippen LogP contribution is 2.17. The Morgan fingerprint density at radius 3 is 2.36 bits per heavy atom. The predicted molar refractivity (Wildman–Crippen MR) is 56.9 cm³/mol. The van der Waals surface area contributed by atoms with Crippen molar-refractivity contribution in [1.82, 2.24) is 4.90 Å². The summed E-state index contributed by atoms with van der Waals surface area (Å²) in [6.45, 7) is 1.36. The predicted octanol–water partition coefficient (Wildman–Crippen LogP) is 2.07. The van der Waals surface area contributed by atoms with Crippen molar-refractivity contribution >= 4 is 27.7 Å². The Kier molecular flexibility index (Phi) is 3.41. The molecule has 1 aromatic rings. The van der Waals surface area contributed by atoms with Gasteiger partial charge in [-0.2, -0.15) is 0 Å². The molecule has 1 aromatic carbocycles. The SMILES string of the molecule is CC(=O)N(C)C(=O)c1ccccc1Br. The average Bonchev–Trinajstić information content (AvgIpc) is 2.16. The Hall–Kier alpha value is -1.16. The van der Waals surface area contributed by atoms with Crippen LogP contribution in [-0.2, 0) is 4.79 Å². The smallest absolute Gasteiger partial charge is 0.261 e. The van der Waals surface area contributed by atoms with Gasteiger partial charge in [-0.1, -0.05) is 12.1 Å². The van der Waals surface area contributed by atoms with Crippen LogP contribution in [0.15, 0.2) is 28.7 Å². The summed E-state index contributed by atoms with van der Waals surface area (Å²) in [5.74, 6) is -0.573. The van der Waals surface area contributed by atoms with E-state index >= 15 is 0 Å². The van der Waals surface area contributed by atoms with E-state index in [1.807, 2.05) is 6.07 Å². The maximum atomic E-state index is 11.7.